The van der Waals surface area contributed by atoms with Gasteiger partial charge in [-0.3, -0.25) is 0 Å². The maximum atomic E-state index is 10.1. The molecule has 0 aromatic rings. The second kappa shape index (κ2) is 11.0. The van der Waals surface area contributed by atoms with Crippen molar-refractivity contribution in [2.24, 2.45) is 35.0 Å². The lowest BCUT2D eigenvalue weighted by Gasteiger charge is -2.46. The van der Waals surface area contributed by atoms with E-state index in [0.29, 0.717) is 5.92 Å². The van der Waals surface area contributed by atoms with Gasteiger partial charge in [-0.1, -0.05) is 78.1 Å². The molecule has 1 heteroatoms. The smallest absolute Gasteiger partial charge is 0.0692 e. The van der Waals surface area contributed by atoms with Gasteiger partial charge < -0.3 is 0 Å². The zero-order valence-electron chi connectivity index (χ0n) is 19.1. The first-order chi connectivity index (χ1) is 13.7. The maximum absolute atomic E-state index is 10.1. The molecule has 3 saturated carbocycles. The van der Waals surface area contributed by atoms with Gasteiger partial charge in [0.05, 0.1) is 11.5 Å². The molecule has 0 N–H and O–H groups in total. The van der Waals surface area contributed by atoms with E-state index >= 15 is 0 Å². The summed E-state index contributed by atoms with van der Waals surface area (Å²) < 4.78 is 0. The van der Waals surface area contributed by atoms with E-state index in [4.69, 9.17) is 0 Å². The van der Waals surface area contributed by atoms with E-state index in [0.717, 1.165) is 23.7 Å². The molecule has 3 rings (SSSR count). The minimum Gasteiger partial charge on any atom is -0.198 e. The zero-order valence-corrected chi connectivity index (χ0v) is 19.1. The predicted molar refractivity (Wildman–Crippen MR) is 120 cm³/mol. The lowest BCUT2D eigenvalue weighted by Crippen LogP contribution is -2.38. The van der Waals surface area contributed by atoms with Crippen molar-refractivity contribution < 1.29 is 0 Å². The van der Waals surface area contributed by atoms with Crippen LogP contribution in [0.2, 0.25) is 0 Å². The molecule has 0 heterocycles. The summed E-state index contributed by atoms with van der Waals surface area (Å²) in [7, 11) is 0. The van der Waals surface area contributed by atoms with Gasteiger partial charge in [-0.05, 0) is 81.0 Å². The van der Waals surface area contributed by atoms with Gasteiger partial charge in [-0.15, -0.1) is 0 Å². The van der Waals surface area contributed by atoms with E-state index in [-0.39, 0.29) is 5.41 Å². The molecule has 0 atom stereocenters. The van der Waals surface area contributed by atoms with Crippen LogP contribution < -0.4 is 0 Å². The lowest BCUT2D eigenvalue weighted by molar-refractivity contribution is 0.0603. The van der Waals surface area contributed by atoms with Crippen LogP contribution in [0.5, 0.6) is 0 Å². The number of hydrogen-bond acceptors (Lipinski definition) is 1. The predicted octanol–water partition coefficient (Wildman–Crippen LogP) is 8.68. The molecule has 3 aliphatic carbocycles. The summed E-state index contributed by atoms with van der Waals surface area (Å²) in [5.41, 5.74) is 0.0467. The van der Waals surface area contributed by atoms with Crippen LogP contribution in [-0.2, 0) is 0 Å². The molecule has 0 amide bonds. The van der Waals surface area contributed by atoms with Gasteiger partial charge in [-0.25, -0.2) is 0 Å². The van der Waals surface area contributed by atoms with E-state index < -0.39 is 0 Å². The Morgan fingerprint density at radius 1 is 0.679 bits per heavy atom. The Morgan fingerprint density at radius 3 is 1.82 bits per heavy atom. The van der Waals surface area contributed by atoms with Crippen molar-refractivity contribution in [3.63, 3.8) is 0 Å². The molecule has 3 aliphatic rings. The number of hydrogen-bond donors (Lipinski definition) is 0. The molecule has 0 unspecified atom stereocenters. The maximum Gasteiger partial charge on any atom is 0.0692 e. The molecule has 0 aliphatic heterocycles. The van der Waals surface area contributed by atoms with E-state index in [1.165, 1.54) is 116 Å². The fraction of sp³-hybridized carbons (Fsp3) is 0.963. The summed E-state index contributed by atoms with van der Waals surface area (Å²) in [5, 5.41) is 10.1. The molecule has 0 bridgehead atoms. The first kappa shape index (κ1) is 22.2. The van der Waals surface area contributed by atoms with Gasteiger partial charge in [0.1, 0.15) is 0 Å². The standard InChI is InChI=1S/C27H47N/c1-3-5-6-8-23-9-13-24(14-10-23)25-17-19-27(21-28,20-18-25)26-15-11-22(7-4-2)12-16-26/h22-26H,3-20H2,1-2H3. The summed E-state index contributed by atoms with van der Waals surface area (Å²) >= 11 is 0. The van der Waals surface area contributed by atoms with Crippen LogP contribution in [0.25, 0.3) is 0 Å². The highest BCUT2D eigenvalue weighted by molar-refractivity contribution is 5.06. The summed E-state index contributed by atoms with van der Waals surface area (Å²) in [4.78, 5) is 0. The van der Waals surface area contributed by atoms with Gasteiger partial charge >= 0.3 is 0 Å². The molecule has 28 heavy (non-hydrogen) atoms. The van der Waals surface area contributed by atoms with Gasteiger partial charge in [-0.2, -0.15) is 5.26 Å². The Morgan fingerprint density at radius 2 is 1.25 bits per heavy atom. The Balaban J connectivity index is 1.43. The fourth-order valence-electron chi connectivity index (χ4n) is 7.28. The fourth-order valence-corrected chi connectivity index (χ4v) is 7.28. The number of nitrogens with zero attached hydrogens (tertiary/aromatic N) is 1. The van der Waals surface area contributed by atoms with Crippen LogP contribution in [0.1, 0.15) is 129 Å². The minimum absolute atomic E-state index is 0.0467. The van der Waals surface area contributed by atoms with E-state index in [2.05, 4.69) is 19.9 Å². The van der Waals surface area contributed by atoms with Crippen LogP contribution >= 0.6 is 0 Å². The second-order valence-corrected chi connectivity index (χ2v) is 10.9. The van der Waals surface area contributed by atoms with Crippen LogP contribution in [-0.4, -0.2) is 0 Å². The van der Waals surface area contributed by atoms with Crippen LogP contribution in [0.3, 0.4) is 0 Å². The molecule has 0 spiro atoms. The summed E-state index contributed by atoms with van der Waals surface area (Å²) in [6.07, 6.45) is 25.1. The van der Waals surface area contributed by atoms with E-state index in [9.17, 15) is 5.26 Å². The number of rotatable bonds is 8. The third-order valence-electron chi connectivity index (χ3n) is 9.24. The highest BCUT2D eigenvalue weighted by atomic mass is 14.5. The molecular weight excluding hydrogens is 338 g/mol. The van der Waals surface area contributed by atoms with Gasteiger partial charge in [0.15, 0.2) is 0 Å². The van der Waals surface area contributed by atoms with Crippen molar-refractivity contribution in [3.8, 4) is 6.07 Å². The quantitative estimate of drug-likeness (QED) is 0.383. The molecule has 0 aromatic carbocycles. The topological polar surface area (TPSA) is 23.8 Å². The zero-order chi connectivity index (χ0) is 19.8. The summed E-state index contributed by atoms with van der Waals surface area (Å²) in [6, 6.07) is 2.89. The number of nitriles is 1. The van der Waals surface area contributed by atoms with Crippen LogP contribution in [0.4, 0.5) is 0 Å². The molecule has 3 fully saturated rings. The van der Waals surface area contributed by atoms with Gasteiger partial charge in [0.2, 0.25) is 0 Å². The van der Waals surface area contributed by atoms with E-state index in [1.807, 2.05) is 0 Å². The third kappa shape index (κ3) is 5.55. The highest BCUT2D eigenvalue weighted by Gasteiger charge is 2.44. The first-order valence-corrected chi connectivity index (χ1v) is 13.1. The SMILES string of the molecule is CCCCCC1CCC(C2CCC(C#N)(C3CCC(CCC)CC3)CC2)CC1. The monoisotopic (exact) mass is 385 g/mol. The Kier molecular flexibility index (Phi) is 8.74. The van der Waals surface area contributed by atoms with Crippen LogP contribution in [0.15, 0.2) is 0 Å². The van der Waals surface area contributed by atoms with Crippen molar-refractivity contribution in [1.29, 1.82) is 5.26 Å². The summed E-state index contributed by atoms with van der Waals surface area (Å²) in [6.45, 7) is 4.64. The Hall–Kier alpha value is -0.510. The Labute approximate surface area is 176 Å². The van der Waals surface area contributed by atoms with Crippen molar-refractivity contribution in [2.45, 2.75) is 129 Å². The van der Waals surface area contributed by atoms with E-state index in [1.54, 1.807) is 0 Å². The van der Waals surface area contributed by atoms with Crippen molar-refractivity contribution in [1.82, 2.24) is 0 Å². The number of unbranched alkanes of at least 4 members (excludes halogenated alkanes) is 2. The largest absolute Gasteiger partial charge is 0.198 e. The van der Waals surface area contributed by atoms with Crippen LogP contribution in [0, 0.1) is 46.3 Å². The molecule has 0 saturated heterocycles. The van der Waals surface area contributed by atoms with Gasteiger partial charge in [0.25, 0.3) is 0 Å². The lowest BCUT2D eigenvalue weighted by atomic mass is 9.57. The third-order valence-corrected chi connectivity index (χ3v) is 9.24. The highest BCUT2D eigenvalue weighted by Crippen LogP contribution is 2.52. The molecule has 1 nitrogen and oxygen atoms in total. The van der Waals surface area contributed by atoms with Gasteiger partial charge in [0, 0.05) is 0 Å². The average molecular weight is 386 g/mol. The minimum atomic E-state index is 0.0467. The first-order valence-electron chi connectivity index (χ1n) is 13.1. The van der Waals surface area contributed by atoms with Crippen molar-refractivity contribution in [3.05, 3.63) is 0 Å². The van der Waals surface area contributed by atoms with Crippen molar-refractivity contribution in [2.75, 3.05) is 0 Å². The molecular formula is C27H47N. The van der Waals surface area contributed by atoms with Crippen molar-refractivity contribution >= 4 is 0 Å². The normalized spacial score (nSPS) is 39.4. The Bertz CT molecular complexity index is 465. The summed E-state index contributed by atoms with van der Waals surface area (Å²) in [5.74, 6) is 4.62. The average Bonchev–Trinajstić information content (AvgIpc) is 2.75. The molecule has 160 valence electrons. The second-order valence-electron chi connectivity index (χ2n) is 10.9. The molecule has 0 radical (unpaired) electrons. The molecule has 0 aromatic heterocycles.